The van der Waals surface area contributed by atoms with E-state index in [0.29, 0.717) is 0 Å². The van der Waals surface area contributed by atoms with E-state index in [1.54, 1.807) is 0 Å². The Labute approximate surface area is 111 Å². The summed E-state index contributed by atoms with van der Waals surface area (Å²) in [7, 11) is 0. The summed E-state index contributed by atoms with van der Waals surface area (Å²) in [5, 5.41) is 15.2. The van der Waals surface area contributed by atoms with Gasteiger partial charge in [0.05, 0.1) is 0 Å². The van der Waals surface area contributed by atoms with Crippen molar-refractivity contribution in [3.63, 3.8) is 0 Å². The zero-order chi connectivity index (χ0) is 12.8. The van der Waals surface area contributed by atoms with Crippen LogP contribution in [0.25, 0.3) is 0 Å². The Hall–Kier alpha value is -1.58. The number of carboxylic acids is 2. The van der Waals surface area contributed by atoms with Gasteiger partial charge < -0.3 is 10.2 Å². The molecule has 0 radical (unpaired) electrons. The third kappa shape index (κ3) is 36.6. The first-order valence-electron chi connectivity index (χ1n) is 5.25. The molecule has 18 heavy (non-hydrogen) atoms. The predicted octanol–water partition coefficient (Wildman–Crippen LogP) is 4.13. The average Bonchev–Trinajstić information content (AvgIpc) is 2.32. The normalized spacial score (nSPS) is 11.6. The topological polar surface area (TPSA) is 74.6 Å². The fourth-order valence-electron chi connectivity index (χ4n) is 1.06. The van der Waals surface area contributed by atoms with Gasteiger partial charge in [-0.3, -0.25) is 0 Å². The second-order valence-electron chi connectivity index (χ2n) is 3.21. The second kappa shape index (κ2) is 20.8. The molecule has 1 aliphatic carbocycles. The summed E-state index contributed by atoms with van der Waals surface area (Å²) in [6, 6.07) is 0. The molecule has 4 heteroatoms. The van der Waals surface area contributed by atoms with Crippen LogP contribution in [0.5, 0.6) is 0 Å². The third-order valence-electron chi connectivity index (χ3n) is 1.85. The van der Waals surface area contributed by atoms with Crippen molar-refractivity contribution < 1.29 is 19.8 Å². The molecule has 0 amide bonds. The standard InChI is InChI=1S/C6H12.2C3H4O2.2CH4/c1-2-4-6-5-3-1;2*1-2-3(4)5;;/h1-6H2;2*2H,1H2,(H,4,5);2*1H4. The first-order valence-corrected chi connectivity index (χ1v) is 5.25. The van der Waals surface area contributed by atoms with Crippen molar-refractivity contribution >= 4 is 11.9 Å². The molecule has 1 aliphatic rings. The number of hydrogen-bond acceptors (Lipinski definition) is 2. The van der Waals surface area contributed by atoms with Crippen LogP contribution in [0.3, 0.4) is 0 Å². The van der Waals surface area contributed by atoms with E-state index in [4.69, 9.17) is 10.2 Å². The van der Waals surface area contributed by atoms with Crippen molar-refractivity contribution in [1.82, 2.24) is 0 Å². The highest BCUT2D eigenvalue weighted by atomic mass is 16.4. The molecule has 0 atom stereocenters. The molecule has 1 fully saturated rings. The highest BCUT2D eigenvalue weighted by molar-refractivity contribution is 5.79. The number of carbonyl (C=O) groups is 2. The van der Waals surface area contributed by atoms with E-state index in [9.17, 15) is 9.59 Å². The van der Waals surface area contributed by atoms with Crippen LogP contribution in [0, 0.1) is 0 Å². The molecule has 0 saturated heterocycles. The van der Waals surface area contributed by atoms with Crippen LogP contribution in [-0.4, -0.2) is 22.2 Å². The van der Waals surface area contributed by atoms with Crippen molar-refractivity contribution in [2.45, 2.75) is 53.4 Å². The van der Waals surface area contributed by atoms with E-state index in [2.05, 4.69) is 13.2 Å². The van der Waals surface area contributed by atoms with Gasteiger partial charge in [-0.1, -0.05) is 66.5 Å². The molecule has 0 bridgehead atoms. The van der Waals surface area contributed by atoms with Crippen molar-refractivity contribution in [2.75, 3.05) is 0 Å². The largest absolute Gasteiger partial charge is 0.478 e. The molecule has 4 nitrogen and oxygen atoms in total. The minimum atomic E-state index is -0.981. The van der Waals surface area contributed by atoms with Crippen LogP contribution in [0.4, 0.5) is 0 Å². The number of aliphatic carboxylic acids is 2. The lowest BCUT2D eigenvalue weighted by molar-refractivity contribution is -0.132. The fourth-order valence-corrected chi connectivity index (χ4v) is 1.06. The first-order chi connectivity index (χ1) is 7.54. The van der Waals surface area contributed by atoms with Crippen LogP contribution in [-0.2, 0) is 9.59 Å². The van der Waals surface area contributed by atoms with Gasteiger partial charge in [0.1, 0.15) is 0 Å². The molecular weight excluding hydrogens is 232 g/mol. The first kappa shape index (κ1) is 25.3. The summed E-state index contributed by atoms with van der Waals surface area (Å²) >= 11 is 0. The third-order valence-corrected chi connectivity index (χ3v) is 1.85. The summed E-state index contributed by atoms with van der Waals surface area (Å²) in [6.07, 6.45) is 10.7. The Kier molecular flexibility index (Phi) is 29.2. The van der Waals surface area contributed by atoms with Crippen LogP contribution in [0.15, 0.2) is 25.3 Å². The van der Waals surface area contributed by atoms with Crippen molar-refractivity contribution in [3.05, 3.63) is 25.3 Å². The molecule has 0 unspecified atom stereocenters. The van der Waals surface area contributed by atoms with Crippen LogP contribution in [0.1, 0.15) is 53.4 Å². The van der Waals surface area contributed by atoms with Gasteiger partial charge in [-0.25, -0.2) is 9.59 Å². The van der Waals surface area contributed by atoms with Gasteiger partial charge in [0, 0.05) is 12.2 Å². The summed E-state index contributed by atoms with van der Waals surface area (Å²) < 4.78 is 0. The van der Waals surface area contributed by atoms with Crippen LogP contribution >= 0.6 is 0 Å². The average molecular weight is 260 g/mol. The highest BCUT2D eigenvalue weighted by Gasteiger charge is 1.95. The summed E-state index contributed by atoms with van der Waals surface area (Å²) in [4.78, 5) is 18.5. The Bertz CT molecular complexity index is 188. The van der Waals surface area contributed by atoms with E-state index in [1.165, 1.54) is 38.5 Å². The summed E-state index contributed by atoms with van der Waals surface area (Å²) in [6.45, 7) is 5.92. The summed E-state index contributed by atoms with van der Waals surface area (Å²) in [5.74, 6) is -1.96. The van der Waals surface area contributed by atoms with Gasteiger partial charge in [0.2, 0.25) is 0 Å². The Morgan fingerprint density at radius 1 is 0.722 bits per heavy atom. The van der Waals surface area contributed by atoms with E-state index in [-0.39, 0.29) is 14.9 Å². The molecule has 108 valence electrons. The van der Waals surface area contributed by atoms with Crippen LogP contribution < -0.4 is 0 Å². The number of hydrogen-bond donors (Lipinski definition) is 2. The Balaban J connectivity index is -0.0000000781. The number of rotatable bonds is 2. The molecule has 1 rings (SSSR count). The van der Waals surface area contributed by atoms with Gasteiger partial charge in [-0.15, -0.1) is 0 Å². The maximum absolute atomic E-state index is 9.25. The van der Waals surface area contributed by atoms with Crippen molar-refractivity contribution in [2.24, 2.45) is 0 Å². The summed E-state index contributed by atoms with van der Waals surface area (Å²) in [5.41, 5.74) is 0. The second-order valence-corrected chi connectivity index (χ2v) is 3.21. The van der Waals surface area contributed by atoms with Gasteiger partial charge in [-0.05, 0) is 0 Å². The van der Waals surface area contributed by atoms with E-state index < -0.39 is 11.9 Å². The lowest BCUT2D eigenvalue weighted by Gasteiger charge is -2.05. The van der Waals surface area contributed by atoms with Gasteiger partial charge in [0.25, 0.3) is 0 Å². The van der Waals surface area contributed by atoms with E-state index in [0.717, 1.165) is 12.2 Å². The maximum Gasteiger partial charge on any atom is 0.327 e. The Morgan fingerprint density at radius 3 is 0.889 bits per heavy atom. The van der Waals surface area contributed by atoms with Gasteiger partial charge >= 0.3 is 11.9 Å². The smallest absolute Gasteiger partial charge is 0.327 e. The minimum absolute atomic E-state index is 0. The molecule has 1 saturated carbocycles. The molecule has 0 aromatic heterocycles. The predicted molar refractivity (Wildman–Crippen MR) is 76.8 cm³/mol. The van der Waals surface area contributed by atoms with Gasteiger partial charge in [0.15, 0.2) is 0 Å². The fraction of sp³-hybridized carbons (Fsp3) is 0.571. The zero-order valence-corrected chi connectivity index (χ0v) is 9.52. The van der Waals surface area contributed by atoms with Crippen LogP contribution in [0.2, 0.25) is 0 Å². The SMILES string of the molecule is C.C.C1CCCCC1.C=CC(=O)O.C=CC(=O)O. The number of carboxylic acid groups (broad SMARTS) is 2. The molecule has 2 N–H and O–H groups in total. The van der Waals surface area contributed by atoms with Crippen molar-refractivity contribution in [3.8, 4) is 0 Å². The molecular formula is C14H28O4. The van der Waals surface area contributed by atoms with E-state index in [1.807, 2.05) is 0 Å². The molecule has 0 heterocycles. The van der Waals surface area contributed by atoms with Gasteiger partial charge in [-0.2, -0.15) is 0 Å². The maximum atomic E-state index is 9.25. The lowest BCUT2D eigenvalue weighted by atomic mass is 10.0. The highest BCUT2D eigenvalue weighted by Crippen LogP contribution is 2.15. The monoisotopic (exact) mass is 260 g/mol. The molecule has 0 aromatic rings. The minimum Gasteiger partial charge on any atom is -0.478 e. The Morgan fingerprint density at radius 2 is 0.833 bits per heavy atom. The molecule has 0 spiro atoms. The molecule has 0 aliphatic heterocycles. The quantitative estimate of drug-likeness (QED) is 0.732. The lowest BCUT2D eigenvalue weighted by Crippen LogP contribution is -1.85. The zero-order valence-electron chi connectivity index (χ0n) is 9.52. The van der Waals surface area contributed by atoms with Crippen molar-refractivity contribution in [1.29, 1.82) is 0 Å². The van der Waals surface area contributed by atoms with E-state index >= 15 is 0 Å². The molecule has 0 aromatic carbocycles.